The number of carboxylic acids is 1. The van der Waals surface area contributed by atoms with Crippen molar-refractivity contribution in [1.82, 2.24) is 0 Å². The SMILES string of the molecule is C=CCSC(C)C(=O)C(=O)O. The lowest BCUT2D eigenvalue weighted by Gasteiger charge is -2.03. The zero-order chi connectivity index (χ0) is 8.85. The second-order valence-electron chi connectivity index (χ2n) is 1.93. The third-order valence-corrected chi connectivity index (χ3v) is 2.19. The molecule has 1 unspecified atom stereocenters. The van der Waals surface area contributed by atoms with Gasteiger partial charge in [0.05, 0.1) is 5.25 Å². The third kappa shape index (κ3) is 3.83. The molecule has 0 heterocycles. The van der Waals surface area contributed by atoms with Crippen molar-refractivity contribution in [2.45, 2.75) is 12.2 Å². The van der Waals surface area contributed by atoms with Gasteiger partial charge in [-0.15, -0.1) is 18.3 Å². The molecule has 0 bridgehead atoms. The summed E-state index contributed by atoms with van der Waals surface area (Å²) in [5.74, 6) is -1.52. The fourth-order valence-corrected chi connectivity index (χ4v) is 1.14. The summed E-state index contributed by atoms with van der Waals surface area (Å²) in [4.78, 5) is 20.8. The minimum Gasteiger partial charge on any atom is -0.475 e. The molecule has 1 N–H and O–H groups in total. The van der Waals surface area contributed by atoms with Gasteiger partial charge < -0.3 is 5.11 Å². The summed E-state index contributed by atoms with van der Waals surface area (Å²) >= 11 is 1.26. The zero-order valence-corrected chi connectivity index (χ0v) is 7.06. The Kier molecular flexibility index (Phi) is 4.61. The number of carbonyl (C=O) groups excluding carboxylic acids is 1. The second kappa shape index (κ2) is 4.96. The Bertz CT molecular complexity index is 177. The van der Waals surface area contributed by atoms with Gasteiger partial charge in [-0.3, -0.25) is 4.79 Å². The molecular formula is C7H10O3S. The topological polar surface area (TPSA) is 54.4 Å². The van der Waals surface area contributed by atoms with Crippen molar-refractivity contribution < 1.29 is 14.7 Å². The average molecular weight is 174 g/mol. The van der Waals surface area contributed by atoms with Crippen LogP contribution >= 0.6 is 11.8 Å². The number of thioether (sulfide) groups is 1. The molecule has 4 heteroatoms. The molecule has 0 fully saturated rings. The predicted octanol–water partition coefficient (Wildman–Crippen LogP) is 0.948. The number of rotatable bonds is 5. The van der Waals surface area contributed by atoms with E-state index in [0.717, 1.165) is 0 Å². The largest absolute Gasteiger partial charge is 0.475 e. The van der Waals surface area contributed by atoms with Crippen LogP contribution in [0.2, 0.25) is 0 Å². The first kappa shape index (κ1) is 10.2. The standard InChI is InChI=1S/C7H10O3S/c1-3-4-11-5(2)6(8)7(9)10/h3,5H,1,4H2,2H3,(H,9,10). The Morgan fingerprint density at radius 2 is 2.27 bits per heavy atom. The number of Topliss-reactive ketones (excluding diaryl/α,β-unsaturated/α-hetero) is 1. The summed E-state index contributed by atoms with van der Waals surface area (Å²) in [6, 6.07) is 0. The molecule has 0 amide bonds. The lowest BCUT2D eigenvalue weighted by molar-refractivity contribution is -0.148. The number of aliphatic carboxylic acids is 1. The predicted molar refractivity (Wildman–Crippen MR) is 44.8 cm³/mol. The van der Waals surface area contributed by atoms with Crippen molar-refractivity contribution in [3.05, 3.63) is 12.7 Å². The second-order valence-corrected chi connectivity index (χ2v) is 3.31. The van der Waals surface area contributed by atoms with Crippen LogP contribution in [0.3, 0.4) is 0 Å². The third-order valence-electron chi connectivity index (χ3n) is 1.04. The van der Waals surface area contributed by atoms with Gasteiger partial charge in [0.25, 0.3) is 5.78 Å². The van der Waals surface area contributed by atoms with Crippen molar-refractivity contribution in [1.29, 1.82) is 0 Å². The van der Waals surface area contributed by atoms with Gasteiger partial charge in [0.2, 0.25) is 0 Å². The highest BCUT2D eigenvalue weighted by Crippen LogP contribution is 2.10. The summed E-state index contributed by atoms with van der Waals surface area (Å²) in [5, 5.41) is 7.78. The van der Waals surface area contributed by atoms with Crippen LogP contribution in [0.4, 0.5) is 0 Å². The fourth-order valence-electron chi connectivity index (χ4n) is 0.462. The highest BCUT2D eigenvalue weighted by molar-refractivity contribution is 8.00. The van der Waals surface area contributed by atoms with Gasteiger partial charge in [0.1, 0.15) is 0 Å². The van der Waals surface area contributed by atoms with Crippen LogP contribution < -0.4 is 0 Å². The van der Waals surface area contributed by atoms with E-state index in [2.05, 4.69) is 6.58 Å². The van der Waals surface area contributed by atoms with Crippen molar-refractivity contribution in [2.24, 2.45) is 0 Å². The van der Waals surface area contributed by atoms with Crippen LogP contribution in [0.5, 0.6) is 0 Å². The maximum Gasteiger partial charge on any atom is 0.373 e. The molecule has 0 saturated carbocycles. The van der Waals surface area contributed by atoms with Gasteiger partial charge in [-0.1, -0.05) is 6.08 Å². The van der Waals surface area contributed by atoms with Crippen LogP contribution in [0.1, 0.15) is 6.92 Å². The summed E-state index contributed by atoms with van der Waals surface area (Å²) in [7, 11) is 0. The number of carbonyl (C=O) groups is 2. The van der Waals surface area contributed by atoms with Crippen LogP contribution in [-0.4, -0.2) is 27.9 Å². The quantitative estimate of drug-likeness (QED) is 0.498. The average Bonchev–Trinajstić information content (AvgIpc) is 1.98. The van der Waals surface area contributed by atoms with Gasteiger partial charge in [0.15, 0.2) is 0 Å². The Morgan fingerprint density at radius 3 is 2.64 bits per heavy atom. The Labute approximate surface area is 69.5 Å². The first-order valence-corrected chi connectivity index (χ1v) is 4.14. The Balaban J connectivity index is 3.82. The van der Waals surface area contributed by atoms with E-state index in [1.807, 2.05) is 0 Å². The molecule has 0 radical (unpaired) electrons. The summed E-state index contributed by atoms with van der Waals surface area (Å²) in [6.45, 7) is 5.03. The van der Waals surface area contributed by atoms with Crippen molar-refractivity contribution >= 4 is 23.5 Å². The molecule has 3 nitrogen and oxygen atoms in total. The van der Waals surface area contributed by atoms with Gasteiger partial charge >= 0.3 is 5.97 Å². The van der Waals surface area contributed by atoms with E-state index in [-0.39, 0.29) is 0 Å². The fraction of sp³-hybridized carbons (Fsp3) is 0.429. The van der Waals surface area contributed by atoms with Gasteiger partial charge in [-0.05, 0) is 6.92 Å². The van der Waals surface area contributed by atoms with E-state index in [9.17, 15) is 9.59 Å². The van der Waals surface area contributed by atoms with Crippen LogP contribution in [0.25, 0.3) is 0 Å². The van der Waals surface area contributed by atoms with E-state index in [1.54, 1.807) is 13.0 Å². The smallest absolute Gasteiger partial charge is 0.373 e. The molecule has 0 aliphatic heterocycles. The number of hydrogen-bond acceptors (Lipinski definition) is 3. The molecule has 0 aromatic rings. The molecular weight excluding hydrogens is 164 g/mol. The van der Waals surface area contributed by atoms with Crippen molar-refractivity contribution in [3.8, 4) is 0 Å². The van der Waals surface area contributed by atoms with Crippen LogP contribution in [-0.2, 0) is 9.59 Å². The normalized spacial score (nSPS) is 12.1. The maximum absolute atomic E-state index is 10.7. The minimum atomic E-state index is -1.37. The lowest BCUT2D eigenvalue weighted by atomic mass is 10.3. The summed E-state index contributed by atoms with van der Waals surface area (Å²) in [5.41, 5.74) is 0. The molecule has 11 heavy (non-hydrogen) atoms. The Morgan fingerprint density at radius 1 is 1.73 bits per heavy atom. The number of ketones is 1. The van der Waals surface area contributed by atoms with Gasteiger partial charge in [-0.25, -0.2) is 4.79 Å². The molecule has 0 spiro atoms. The van der Waals surface area contributed by atoms with Crippen molar-refractivity contribution in [3.63, 3.8) is 0 Å². The molecule has 0 saturated heterocycles. The minimum absolute atomic E-state index is 0.481. The van der Waals surface area contributed by atoms with E-state index < -0.39 is 17.0 Å². The molecule has 0 rings (SSSR count). The molecule has 0 aliphatic rings. The molecule has 1 atom stereocenters. The monoisotopic (exact) mass is 174 g/mol. The van der Waals surface area contributed by atoms with E-state index in [4.69, 9.17) is 5.11 Å². The molecule has 0 aromatic heterocycles. The Hall–Kier alpha value is -0.770. The van der Waals surface area contributed by atoms with Crippen molar-refractivity contribution in [2.75, 3.05) is 5.75 Å². The highest BCUT2D eigenvalue weighted by atomic mass is 32.2. The van der Waals surface area contributed by atoms with Gasteiger partial charge in [-0.2, -0.15) is 0 Å². The highest BCUT2D eigenvalue weighted by Gasteiger charge is 2.19. The first-order chi connectivity index (χ1) is 5.09. The van der Waals surface area contributed by atoms with E-state index in [0.29, 0.717) is 5.75 Å². The zero-order valence-electron chi connectivity index (χ0n) is 6.24. The van der Waals surface area contributed by atoms with Crippen LogP contribution in [0, 0.1) is 0 Å². The molecule has 62 valence electrons. The summed E-state index contributed by atoms with van der Waals surface area (Å²) < 4.78 is 0. The van der Waals surface area contributed by atoms with E-state index in [1.165, 1.54) is 11.8 Å². The van der Waals surface area contributed by atoms with Gasteiger partial charge in [0, 0.05) is 5.75 Å². The number of hydrogen-bond donors (Lipinski definition) is 1. The number of carboxylic acid groups (broad SMARTS) is 1. The maximum atomic E-state index is 10.7. The van der Waals surface area contributed by atoms with Crippen LogP contribution in [0.15, 0.2) is 12.7 Å². The molecule has 0 aromatic carbocycles. The first-order valence-electron chi connectivity index (χ1n) is 3.09. The lowest BCUT2D eigenvalue weighted by Crippen LogP contribution is -2.23. The summed E-state index contributed by atoms with van der Waals surface area (Å²) in [6.07, 6.45) is 1.64. The van der Waals surface area contributed by atoms with E-state index >= 15 is 0 Å². The molecule has 0 aliphatic carbocycles.